The molecule has 5 heteroatoms. The number of rotatable bonds is 5. The molecule has 1 atom stereocenters. The largest absolute Gasteiger partial charge is 0.497 e. The summed E-state index contributed by atoms with van der Waals surface area (Å²) >= 11 is 0. The Kier molecular flexibility index (Phi) is 5.74. The van der Waals surface area contributed by atoms with Crippen molar-refractivity contribution in [3.63, 3.8) is 0 Å². The highest BCUT2D eigenvalue weighted by molar-refractivity contribution is 5.97. The van der Waals surface area contributed by atoms with Gasteiger partial charge in [0.05, 0.1) is 13.7 Å². The van der Waals surface area contributed by atoms with Gasteiger partial charge in [0.25, 0.3) is 0 Å². The molecule has 0 spiro atoms. The van der Waals surface area contributed by atoms with Crippen molar-refractivity contribution in [3.8, 4) is 5.75 Å². The second kappa shape index (κ2) is 8.41. The van der Waals surface area contributed by atoms with Crippen LogP contribution in [0.5, 0.6) is 5.75 Å². The van der Waals surface area contributed by atoms with Crippen LogP contribution < -0.4 is 4.74 Å². The van der Waals surface area contributed by atoms with Crippen molar-refractivity contribution < 1.29 is 13.9 Å². The number of nitrogens with zero attached hydrogens (tertiary/aromatic N) is 2. The van der Waals surface area contributed by atoms with Gasteiger partial charge in [-0.1, -0.05) is 6.07 Å². The van der Waals surface area contributed by atoms with Gasteiger partial charge in [-0.3, -0.25) is 14.6 Å². The Morgan fingerprint density at radius 3 is 2.57 bits per heavy atom. The van der Waals surface area contributed by atoms with Crippen LogP contribution >= 0.6 is 0 Å². The van der Waals surface area contributed by atoms with E-state index >= 15 is 0 Å². The number of piperazine rings is 1. The number of methoxy groups -OCH3 is 1. The smallest absolute Gasteiger partial charge is 0.176 e. The third-order valence-corrected chi connectivity index (χ3v) is 6.02. The van der Waals surface area contributed by atoms with E-state index in [1.807, 2.05) is 0 Å². The van der Waals surface area contributed by atoms with Crippen molar-refractivity contribution in [1.29, 1.82) is 0 Å². The zero-order chi connectivity index (χ0) is 19.5. The number of carbonyl (C=O) groups is 1. The molecule has 2 aromatic rings. The van der Waals surface area contributed by atoms with Crippen LogP contribution in [0, 0.1) is 5.82 Å². The van der Waals surface area contributed by atoms with Crippen LogP contribution in [0.2, 0.25) is 0 Å². The minimum Gasteiger partial charge on any atom is -0.497 e. The van der Waals surface area contributed by atoms with E-state index < -0.39 is 0 Å². The molecule has 1 heterocycles. The van der Waals surface area contributed by atoms with Gasteiger partial charge in [-0.15, -0.1) is 0 Å². The molecule has 2 aliphatic rings. The third kappa shape index (κ3) is 4.10. The molecule has 4 nitrogen and oxygen atoms in total. The first-order valence-corrected chi connectivity index (χ1v) is 10.1. The van der Waals surface area contributed by atoms with Crippen LogP contribution in [-0.2, 0) is 6.42 Å². The standard InChI is InChI=1S/C23H27FN2O2/c1-28-20-10-7-17-3-2-4-22(21(17)15-20)26-13-11-25(12-14-26)16-23(27)18-5-8-19(24)9-6-18/h5-10,15,22H,2-4,11-14,16H2,1H3. The maximum absolute atomic E-state index is 13.0. The van der Waals surface area contributed by atoms with Crippen LogP contribution in [0.15, 0.2) is 42.5 Å². The first-order valence-electron chi connectivity index (χ1n) is 10.1. The zero-order valence-electron chi connectivity index (χ0n) is 16.4. The number of carbonyl (C=O) groups excluding carboxylic acids is 1. The number of fused-ring (bicyclic) bond motifs is 1. The molecule has 2 aromatic carbocycles. The Bertz CT molecular complexity index is 829. The summed E-state index contributed by atoms with van der Waals surface area (Å²) in [6.07, 6.45) is 3.53. The summed E-state index contributed by atoms with van der Waals surface area (Å²) in [7, 11) is 1.72. The zero-order valence-corrected chi connectivity index (χ0v) is 16.4. The highest BCUT2D eigenvalue weighted by Gasteiger charge is 2.29. The average Bonchev–Trinajstić information content (AvgIpc) is 2.74. The maximum Gasteiger partial charge on any atom is 0.176 e. The fraction of sp³-hybridized carbons (Fsp3) is 0.435. The van der Waals surface area contributed by atoms with Gasteiger partial charge in [0, 0.05) is 37.8 Å². The number of halogens is 1. The molecule has 0 aromatic heterocycles. The molecule has 1 aliphatic carbocycles. The van der Waals surface area contributed by atoms with E-state index in [0.29, 0.717) is 18.2 Å². The molecular weight excluding hydrogens is 355 g/mol. The molecule has 0 saturated carbocycles. The Balaban J connectivity index is 1.37. The molecule has 4 rings (SSSR count). The number of aryl methyl sites for hydroxylation is 1. The van der Waals surface area contributed by atoms with E-state index in [1.165, 1.54) is 36.1 Å². The van der Waals surface area contributed by atoms with Gasteiger partial charge < -0.3 is 4.74 Å². The van der Waals surface area contributed by atoms with Gasteiger partial charge in [-0.05, 0) is 66.8 Å². The van der Waals surface area contributed by atoms with Gasteiger partial charge in [0.15, 0.2) is 5.78 Å². The van der Waals surface area contributed by atoms with Crippen LogP contribution in [0.25, 0.3) is 0 Å². The molecule has 1 unspecified atom stereocenters. The fourth-order valence-corrected chi connectivity index (χ4v) is 4.42. The van der Waals surface area contributed by atoms with Crippen molar-refractivity contribution in [2.24, 2.45) is 0 Å². The van der Waals surface area contributed by atoms with Crippen molar-refractivity contribution in [3.05, 3.63) is 65.0 Å². The number of hydrogen-bond acceptors (Lipinski definition) is 4. The Morgan fingerprint density at radius 2 is 1.86 bits per heavy atom. The molecule has 0 amide bonds. The molecule has 0 N–H and O–H groups in total. The molecule has 1 fully saturated rings. The Labute approximate surface area is 165 Å². The normalized spacial score (nSPS) is 20.6. The third-order valence-electron chi connectivity index (χ3n) is 6.02. The van der Waals surface area contributed by atoms with Crippen molar-refractivity contribution in [2.75, 3.05) is 39.8 Å². The topological polar surface area (TPSA) is 32.8 Å². The summed E-state index contributed by atoms with van der Waals surface area (Å²) in [5, 5.41) is 0. The van der Waals surface area contributed by atoms with E-state index in [0.717, 1.165) is 38.3 Å². The van der Waals surface area contributed by atoms with Crippen LogP contribution in [0.1, 0.15) is 40.4 Å². The molecule has 148 valence electrons. The lowest BCUT2D eigenvalue weighted by Gasteiger charge is -2.41. The van der Waals surface area contributed by atoms with Crippen LogP contribution in [-0.4, -0.2) is 55.4 Å². The van der Waals surface area contributed by atoms with Gasteiger partial charge in [0.1, 0.15) is 11.6 Å². The quantitative estimate of drug-likeness (QED) is 0.738. The predicted octanol–water partition coefficient (Wildman–Crippen LogP) is 3.71. The van der Waals surface area contributed by atoms with E-state index in [9.17, 15) is 9.18 Å². The first kappa shape index (κ1) is 19.1. The summed E-state index contributed by atoms with van der Waals surface area (Å²) in [6.45, 7) is 4.07. The van der Waals surface area contributed by atoms with Gasteiger partial charge in [-0.25, -0.2) is 4.39 Å². The van der Waals surface area contributed by atoms with E-state index in [4.69, 9.17) is 4.74 Å². The molecule has 28 heavy (non-hydrogen) atoms. The van der Waals surface area contributed by atoms with E-state index in [1.54, 1.807) is 19.2 Å². The lowest BCUT2D eigenvalue weighted by Crippen LogP contribution is -2.49. The molecule has 0 bridgehead atoms. The summed E-state index contributed by atoms with van der Waals surface area (Å²) in [5.74, 6) is 0.671. The predicted molar refractivity (Wildman–Crippen MR) is 107 cm³/mol. The SMILES string of the molecule is COc1ccc2c(c1)C(N1CCN(CC(=O)c3ccc(F)cc3)CC1)CCC2. The second-order valence-corrected chi connectivity index (χ2v) is 7.71. The number of hydrogen-bond donors (Lipinski definition) is 0. The van der Waals surface area contributed by atoms with Gasteiger partial charge in [0.2, 0.25) is 0 Å². The van der Waals surface area contributed by atoms with Gasteiger partial charge >= 0.3 is 0 Å². The Morgan fingerprint density at radius 1 is 1.11 bits per heavy atom. The van der Waals surface area contributed by atoms with Crippen LogP contribution in [0.3, 0.4) is 0 Å². The molecular formula is C23H27FN2O2. The van der Waals surface area contributed by atoms with E-state index in [2.05, 4.69) is 28.0 Å². The van der Waals surface area contributed by atoms with Crippen molar-refractivity contribution >= 4 is 5.78 Å². The summed E-state index contributed by atoms with van der Waals surface area (Å²) in [6, 6.07) is 12.7. The number of ketones is 1. The lowest BCUT2D eigenvalue weighted by molar-refractivity contribution is 0.0735. The first-order chi connectivity index (χ1) is 13.6. The van der Waals surface area contributed by atoms with E-state index in [-0.39, 0.29) is 11.6 Å². The fourth-order valence-electron chi connectivity index (χ4n) is 4.42. The lowest BCUT2D eigenvalue weighted by atomic mass is 9.86. The highest BCUT2D eigenvalue weighted by atomic mass is 19.1. The molecule has 1 saturated heterocycles. The molecule has 1 aliphatic heterocycles. The number of ether oxygens (including phenoxy) is 1. The summed E-state index contributed by atoms with van der Waals surface area (Å²) in [4.78, 5) is 17.2. The second-order valence-electron chi connectivity index (χ2n) is 7.71. The number of Topliss-reactive ketones (excluding diaryl/α,β-unsaturated/α-hetero) is 1. The minimum absolute atomic E-state index is 0.0567. The van der Waals surface area contributed by atoms with Crippen molar-refractivity contribution in [1.82, 2.24) is 9.80 Å². The number of benzene rings is 2. The minimum atomic E-state index is -0.311. The monoisotopic (exact) mass is 382 g/mol. The van der Waals surface area contributed by atoms with Gasteiger partial charge in [-0.2, -0.15) is 0 Å². The van der Waals surface area contributed by atoms with Crippen LogP contribution in [0.4, 0.5) is 4.39 Å². The highest BCUT2D eigenvalue weighted by Crippen LogP contribution is 2.36. The Hall–Kier alpha value is -2.24. The summed E-state index contributed by atoms with van der Waals surface area (Å²) in [5.41, 5.74) is 3.42. The average molecular weight is 382 g/mol. The maximum atomic E-state index is 13.0. The van der Waals surface area contributed by atoms with Crippen molar-refractivity contribution in [2.45, 2.75) is 25.3 Å². The molecule has 0 radical (unpaired) electrons. The summed E-state index contributed by atoms with van der Waals surface area (Å²) < 4.78 is 18.5.